The van der Waals surface area contributed by atoms with Crippen LogP contribution in [0.3, 0.4) is 0 Å². The van der Waals surface area contributed by atoms with E-state index in [0.717, 1.165) is 10.9 Å². The van der Waals surface area contributed by atoms with Crippen molar-refractivity contribution in [1.82, 2.24) is 4.57 Å². The highest BCUT2D eigenvalue weighted by Gasteiger charge is 2.14. The number of para-hydroxylation sites is 2. The van der Waals surface area contributed by atoms with Crippen molar-refractivity contribution >= 4 is 40.1 Å². The molecule has 2 aromatic carbocycles. The molecule has 0 spiro atoms. The maximum Gasteiger partial charge on any atom is 0.303 e. The Balaban J connectivity index is 0.000000399. The molecule has 5 nitrogen and oxygen atoms in total. The van der Waals surface area contributed by atoms with Gasteiger partial charge < -0.3 is 15.0 Å². The SMILES string of the molecule is CCC(=O)O.Cn1cc(C(=O)Nc2ccccc2Cl)c2ccccc21. The second kappa shape index (κ2) is 8.35. The highest BCUT2D eigenvalue weighted by atomic mass is 35.5. The number of carbonyl (C=O) groups is 2. The summed E-state index contributed by atoms with van der Waals surface area (Å²) in [5.74, 6) is -0.903. The molecule has 0 saturated carbocycles. The number of halogens is 1. The van der Waals surface area contributed by atoms with Gasteiger partial charge in [0.1, 0.15) is 0 Å². The minimum Gasteiger partial charge on any atom is -0.481 e. The van der Waals surface area contributed by atoms with Gasteiger partial charge in [-0.25, -0.2) is 0 Å². The molecule has 0 unspecified atom stereocenters. The number of hydrogen-bond acceptors (Lipinski definition) is 2. The lowest BCUT2D eigenvalue weighted by atomic mass is 10.1. The monoisotopic (exact) mass is 358 g/mol. The molecule has 0 aliphatic rings. The average Bonchev–Trinajstić information content (AvgIpc) is 2.95. The van der Waals surface area contributed by atoms with Crippen molar-refractivity contribution in [1.29, 1.82) is 0 Å². The molecule has 0 radical (unpaired) electrons. The summed E-state index contributed by atoms with van der Waals surface area (Å²) in [6, 6.07) is 15.0. The number of carboxylic acids is 1. The zero-order valence-corrected chi connectivity index (χ0v) is 14.7. The van der Waals surface area contributed by atoms with Crippen LogP contribution >= 0.6 is 11.6 Å². The van der Waals surface area contributed by atoms with E-state index < -0.39 is 5.97 Å². The van der Waals surface area contributed by atoms with E-state index in [1.54, 1.807) is 19.1 Å². The van der Waals surface area contributed by atoms with E-state index in [1.807, 2.05) is 54.2 Å². The molecule has 0 bridgehead atoms. The van der Waals surface area contributed by atoms with Gasteiger partial charge in [-0.15, -0.1) is 0 Å². The van der Waals surface area contributed by atoms with Gasteiger partial charge in [-0.3, -0.25) is 9.59 Å². The summed E-state index contributed by atoms with van der Waals surface area (Å²) in [7, 11) is 1.93. The van der Waals surface area contributed by atoms with E-state index in [-0.39, 0.29) is 12.3 Å². The van der Waals surface area contributed by atoms with Gasteiger partial charge in [0.25, 0.3) is 5.91 Å². The molecule has 3 aromatic rings. The first-order valence-electron chi connectivity index (χ1n) is 7.75. The number of anilines is 1. The third kappa shape index (κ3) is 4.61. The van der Waals surface area contributed by atoms with Crippen molar-refractivity contribution < 1.29 is 14.7 Å². The van der Waals surface area contributed by atoms with Crippen molar-refractivity contribution in [2.75, 3.05) is 5.32 Å². The van der Waals surface area contributed by atoms with Gasteiger partial charge in [0, 0.05) is 30.6 Å². The standard InChI is InChI=1S/C16H13ClN2O.C3H6O2/c1-19-10-12(11-6-2-5-9-15(11)19)16(20)18-14-8-4-3-7-13(14)17;1-2-3(4)5/h2-10H,1H3,(H,18,20);2H2,1H3,(H,4,5). The second-order valence-electron chi connectivity index (χ2n) is 5.35. The molecular weight excluding hydrogens is 340 g/mol. The lowest BCUT2D eigenvalue weighted by Gasteiger charge is -2.06. The first kappa shape index (κ1) is 18.5. The summed E-state index contributed by atoms with van der Waals surface area (Å²) < 4.78 is 1.94. The third-order valence-corrected chi connectivity index (χ3v) is 3.90. The summed E-state index contributed by atoms with van der Waals surface area (Å²) in [6.07, 6.45) is 2.05. The van der Waals surface area contributed by atoms with Gasteiger partial charge >= 0.3 is 5.97 Å². The topological polar surface area (TPSA) is 71.3 Å². The Bertz CT molecular complexity index is 903. The molecule has 6 heteroatoms. The zero-order chi connectivity index (χ0) is 18.4. The molecule has 2 N–H and O–H groups in total. The Labute approximate surface area is 150 Å². The number of nitrogens with one attached hydrogen (secondary N) is 1. The summed E-state index contributed by atoms with van der Waals surface area (Å²) in [5, 5.41) is 12.0. The highest BCUT2D eigenvalue weighted by Crippen LogP contribution is 2.24. The van der Waals surface area contributed by atoms with Gasteiger partial charge in [0.15, 0.2) is 0 Å². The number of carbonyl (C=O) groups excluding carboxylic acids is 1. The maximum absolute atomic E-state index is 12.4. The van der Waals surface area contributed by atoms with Crippen LogP contribution in [0.15, 0.2) is 54.7 Å². The van der Waals surface area contributed by atoms with Crippen LogP contribution in [0.4, 0.5) is 5.69 Å². The molecule has 0 saturated heterocycles. The molecule has 0 aliphatic carbocycles. The number of rotatable bonds is 3. The lowest BCUT2D eigenvalue weighted by molar-refractivity contribution is -0.136. The van der Waals surface area contributed by atoms with E-state index in [4.69, 9.17) is 16.7 Å². The number of aryl methyl sites for hydroxylation is 1. The largest absolute Gasteiger partial charge is 0.481 e. The van der Waals surface area contributed by atoms with Crippen LogP contribution in [0.5, 0.6) is 0 Å². The fourth-order valence-electron chi connectivity index (χ4n) is 2.27. The number of nitrogens with zero attached hydrogens (tertiary/aromatic N) is 1. The Morgan fingerprint density at radius 2 is 1.72 bits per heavy atom. The molecular formula is C19H19ClN2O3. The average molecular weight is 359 g/mol. The van der Waals surface area contributed by atoms with Crippen LogP contribution in [0.2, 0.25) is 5.02 Å². The quantitative estimate of drug-likeness (QED) is 0.720. The number of benzene rings is 2. The minimum absolute atomic E-state index is 0.157. The zero-order valence-electron chi connectivity index (χ0n) is 14.0. The number of amides is 1. The van der Waals surface area contributed by atoms with Crippen LogP contribution < -0.4 is 5.32 Å². The first-order valence-corrected chi connectivity index (χ1v) is 8.13. The summed E-state index contributed by atoms with van der Waals surface area (Å²) in [4.78, 5) is 21.8. The lowest BCUT2D eigenvalue weighted by Crippen LogP contribution is -2.11. The Kier molecular flexibility index (Phi) is 6.19. The van der Waals surface area contributed by atoms with Crippen molar-refractivity contribution in [3.05, 3.63) is 65.3 Å². The van der Waals surface area contributed by atoms with E-state index in [0.29, 0.717) is 16.3 Å². The van der Waals surface area contributed by atoms with Crippen LogP contribution in [0, 0.1) is 0 Å². The summed E-state index contributed by atoms with van der Waals surface area (Å²) >= 11 is 6.06. The molecule has 1 amide bonds. The van der Waals surface area contributed by atoms with Crippen molar-refractivity contribution in [2.45, 2.75) is 13.3 Å². The van der Waals surface area contributed by atoms with Crippen molar-refractivity contribution in [3.8, 4) is 0 Å². The fourth-order valence-corrected chi connectivity index (χ4v) is 2.46. The van der Waals surface area contributed by atoms with Crippen LogP contribution in [0.25, 0.3) is 10.9 Å². The molecule has 1 aromatic heterocycles. The van der Waals surface area contributed by atoms with Crippen LogP contribution in [-0.2, 0) is 11.8 Å². The van der Waals surface area contributed by atoms with Crippen molar-refractivity contribution in [2.24, 2.45) is 7.05 Å². The molecule has 25 heavy (non-hydrogen) atoms. The molecule has 130 valence electrons. The second-order valence-corrected chi connectivity index (χ2v) is 5.76. The predicted molar refractivity (Wildman–Crippen MR) is 100 cm³/mol. The van der Waals surface area contributed by atoms with E-state index in [9.17, 15) is 9.59 Å². The number of aliphatic carboxylic acids is 1. The maximum atomic E-state index is 12.4. The summed E-state index contributed by atoms with van der Waals surface area (Å²) in [5.41, 5.74) is 2.28. The number of carboxylic acid groups (broad SMARTS) is 1. The molecule has 1 heterocycles. The van der Waals surface area contributed by atoms with Crippen molar-refractivity contribution in [3.63, 3.8) is 0 Å². The molecule has 3 rings (SSSR count). The summed E-state index contributed by atoms with van der Waals surface area (Å²) in [6.45, 7) is 1.60. The van der Waals surface area contributed by atoms with Gasteiger partial charge in [0.2, 0.25) is 0 Å². The van der Waals surface area contributed by atoms with Gasteiger partial charge in [-0.1, -0.05) is 48.9 Å². The van der Waals surface area contributed by atoms with Gasteiger partial charge in [-0.2, -0.15) is 0 Å². The number of hydrogen-bond donors (Lipinski definition) is 2. The van der Waals surface area contributed by atoms with E-state index in [1.165, 1.54) is 0 Å². The number of fused-ring (bicyclic) bond motifs is 1. The third-order valence-electron chi connectivity index (χ3n) is 3.57. The van der Waals surface area contributed by atoms with Gasteiger partial charge in [-0.05, 0) is 18.2 Å². The molecule has 0 aliphatic heterocycles. The van der Waals surface area contributed by atoms with Crippen LogP contribution in [0.1, 0.15) is 23.7 Å². The Morgan fingerprint density at radius 1 is 1.12 bits per heavy atom. The van der Waals surface area contributed by atoms with E-state index in [2.05, 4.69) is 5.32 Å². The normalized spacial score (nSPS) is 10.0. The molecule has 0 atom stereocenters. The number of aromatic nitrogens is 1. The Hall–Kier alpha value is -2.79. The predicted octanol–water partition coefficient (Wildman–Crippen LogP) is 4.57. The van der Waals surface area contributed by atoms with E-state index >= 15 is 0 Å². The smallest absolute Gasteiger partial charge is 0.303 e. The molecule has 0 fully saturated rings. The Morgan fingerprint density at radius 3 is 2.36 bits per heavy atom. The highest BCUT2D eigenvalue weighted by molar-refractivity contribution is 6.34. The fraction of sp³-hybridized carbons (Fsp3) is 0.158. The minimum atomic E-state index is -0.745. The van der Waals surface area contributed by atoms with Crippen LogP contribution in [-0.4, -0.2) is 21.6 Å². The van der Waals surface area contributed by atoms with Gasteiger partial charge in [0.05, 0.1) is 16.3 Å². The first-order chi connectivity index (χ1) is 11.9.